The second-order valence-corrected chi connectivity index (χ2v) is 3.91. The Kier molecular flexibility index (Phi) is 2.62. The van der Waals surface area contributed by atoms with Crippen molar-refractivity contribution in [3.8, 4) is 0 Å². The molecule has 0 bridgehead atoms. The zero-order valence-corrected chi connectivity index (χ0v) is 8.32. The molecule has 0 aromatic rings. The lowest BCUT2D eigenvalue weighted by Crippen LogP contribution is -2.55. The topological polar surface area (TPSA) is 90.7 Å². The van der Waals surface area contributed by atoms with Gasteiger partial charge in [0, 0.05) is 0 Å². The summed E-state index contributed by atoms with van der Waals surface area (Å²) in [7, 11) is 0. The van der Waals surface area contributed by atoms with E-state index >= 15 is 0 Å². The van der Waals surface area contributed by atoms with Gasteiger partial charge in [-0.05, 0) is 19.3 Å². The molecule has 1 aliphatic carbocycles. The van der Waals surface area contributed by atoms with Crippen molar-refractivity contribution in [3.05, 3.63) is 0 Å². The lowest BCUT2D eigenvalue weighted by Gasteiger charge is -2.38. The SMILES string of the molecule is NC(=O)C1(OC(=O)C2COCN2)CCC1. The van der Waals surface area contributed by atoms with Crippen LogP contribution in [0.4, 0.5) is 0 Å². The van der Waals surface area contributed by atoms with Gasteiger partial charge in [0.1, 0.15) is 6.04 Å². The highest BCUT2D eigenvalue weighted by atomic mass is 16.6. The number of hydrogen-bond donors (Lipinski definition) is 2. The van der Waals surface area contributed by atoms with Gasteiger partial charge in [0.05, 0.1) is 13.3 Å². The third-order valence-corrected chi connectivity index (χ3v) is 2.91. The fourth-order valence-electron chi connectivity index (χ4n) is 1.71. The normalized spacial score (nSPS) is 28.1. The molecule has 1 saturated heterocycles. The van der Waals surface area contributed by atoms with E-state index in [0.717, 1.165) is 6.42 Å². The van der Waals surface area contributed by atoms with Gasteiger partial charge in [0.15, 0.2) is 5.60 Å². The van der Waals surface area contributed by atoms with Crippen molar-refractivity contribution >= 4 is 11.9 Å². The first-order valence-electron chi connectivity index (χ1n) is 4.98. The average molecular weight is 214 g/mol. The summed E-state index contributed by atoms with van der Waals surface area (Å²) in [6, 6.07) is -0.471. The Bertz CT molecular complexity index is 282. The summed E-state index contributed by atoms with van der Waals surface area (Å²) in [6.45, 7) is 0.622. The predicted molar refractivity (Wildman–Crippen MR) is 49.6 cm³/mol. The first kappa shape index (κ1) is 10.4. The molecule has 2 aliphatic rings. The maximum atomic E-state index is 11.6. The number of rotatable bonds is 3. The molecule has 3 N–H and O–H groups in total. The molecule has 84 valence electrons. The Morgan fingerprint density at radius 3 is 2.60 bits per heavy atom. The Morgan fingerprint density at radius 1 is 1.47 bits per heavy atom. The van der Waals surface area contributed by atoms with Crippen molar-refractivity contribution in [1.82, 2.24) is 5.32 Å². The van der Waals surface area contributed by atoms with Gasteiger partial charge in [-0.2, -0.15) is 0 Å². The minimum absolute atomic E-state index is 0.285. The molecule has 0 radical (unpaired) electrons. The van der Waals surface area contributed by atoms with Gasteiger partial charge in [-0.25, -0.2) is 0 Å². The lowest BCUT2D eigenvalue weighted by molar-refractivity contribution is -0.178. The molecule has 0 aromatic heterocycles. The lowest BCUT2D eigenvalue weighted by atomic mass is 9.79. The van der Waals surface area contributed by atoms with Gasteiger partial charge in [-0.15, -0.1) is 0 Å². The second-order valence-electron chi connectivity index (χ2n) is 3.91. The molecular formula is C9H14N2O4. The Morgan fingerprint density at radius 2 is 2.20 bits per heavy atom. The second kappa shape index (κ2) is 3.79. The number of amides is 1. The number of nitrogens with two attached hydrogens (primary N) is 1. The predicted octanol–water partition coefficient (Wildman–Crippen LogP) is -1.12. The van der Waals surface area contributed by atoms with E-state index in [1.165, 1.54) is 0 Å². The Balaban J connectivity index is 1.94. The van der Waals surface area contributed by atoms with E-state index in [2.05, 4.69) is 5.32 Å². The van der Waals surface area contributed by atoms with Crippen LogP contribution in [0.5, 0.6) is 0 Å². The summed E-state index contributed by atoms with van der Waals surface area (Å²) in [5.74, 6) is -1.01. The molecule has 1 heterocycles. The smallest absolute Gasteiger partial charge is 0.326 e. The van der Waals surface area contributed by atoms with Crippen LogP contribution in [-0.4, -0.2) is 36.9 Å². The van der Waals surface area contributed by atoms with Gasteiger partial charge in [-0.3, -0.25) is 14.9 Å². The molecule has 2 rings (SSSR count). The number of nitrogens with one attached hydrogen (secondary N) is 1. The quantitative estimate of drug-likeness (QED) is 0.581. The molecule has 0 aromatic carbocycles. The fraction of sp³-hybridized carbons (Fsp3) is 0.778. The van der Waals surface area contributed by atoms with Crippen LogP contribution in [0.3, 0.4) is 0 Å². The fourth-order valence-corrected chi connectivity index (χ4v) is 1.71. The van der Waals surface area contributed by atoms with Crippen LogP contribution in [0, 0.1) is 0 Å². The summed E-state index contributed by atoms with van der Waals surface area (Å²) >= 11 is 0. The molecular weight excluding hydrogens is 200 g/mol. The van der Waals surface area contributed by atoms with Crippen molar-refractivity contribution in [3.63, 3.8) is 0 Å². The molecule has 1 unspecified atom stereocenters. The standard InChI is InChI=1S/C9H14N2O4/c10-8(13)9(2-1-3-9)15-7(12)6-4-14-5-11-6/h6,11H,1-5H2,(H2,10,13). The number of carbonyl (C=O) groups is 2. The minimum Gasteiger partial charge on any atom is -0.448 e. The van der Waals surface area contributed by atoms with Crippen LogP contribution in [0.25, 0.3) is 0 Å². The van der Waals surface area contributed by atoms with Crippen LogP contribution in [0.2, 0.25) is 0 Å². The monoisotopic (exact) mass is 214 g/mol. The van der Waals surface area contributed by atoms with Crippen LogP contribution in [0.1, 0.15) is 19.3 Å². The number of esters is 1. The van der Waals surface area contributed by atoms with Crippen molar-refractivity contribution < 1.29 is 19.1 Å². The number of ether oxygens (including phenoxy) is 2. The maximum Gasteiger partial charge on any atom is 0.326 e. The third kappa shape index (κ3) is 1.82. The summed E-state index contributed by atoms with van der Waals surface area (Å²) in [6.07, 6.45) is 1.92. The Hall–Kier alpha value is -1.14. The van der Waals surface area contributed by atoms with E-state index < -0.39 is 23.5 Å². The first-order chi connectivity index (χ1) is 7.14. The zero-order chi connectivity index (χ0) is 10.9. The molecule has 0 spiro atoms. The summed E-state index contributed by atoms with van der Waals surface area (Å²) in [5, 5.41) is 2.82. The van der Waals surface area contributed by atoms with E-state index in [1.807, 2.05) is 0 Å². The molecule has 1 aliphatic heterocycles. The minimum atomic E-state index is -1.05. The molecule has 6 nitrogen and oxygen atoms in total. The van der Waals surface area contributed by atoms with Gasteiger partial charge in [0.2, 0.25) is 0 Å². The number of carbonyl (C=O) groups excluding carboxylic acids is 2. The summed E-state index contributed by atoms with van der Waals surface area (Å²) in [5.41, 5.74) is 4.16. The van der Waals surface area contributed by atoms with Crippen molar-refractivity contribution in [1.29, 1.82) is 0 Å². The molecule has 1 amide bonds. The van der Waals surface area contributed by atoms with Crippen LogP contribution in [-0.2, 0) is 19.1 Å². The highest BCUT2D eigenvalue weighted by Crippen LogP contribution is 2.35. The van der Waals surface area contributed by atoms with Gasteiger partial charge >= 0.3 is 5.97 Å². The largest absolute Gasteiger partial charge is 0.448 e. The van der Waals surface area contributed by atoms with E-state index in [4.69, 9.17) is 15.2 Å². The average Bonchev–Trinajstić information content (AvgIpc) is 2.62. The Labute approximate surface area is 87.1 Å². The molecule has 1 saturated carbocycles. The van der Waals surface area contributed by atoms with E-state index in [1.54, 1.807) is 0 Å². The van der Waals surface area contributed by atoms with E-state index in [-0.39, 0.29) is 6.61 Å². The molecule has 2 fully saturated rings. The van der Waals surface area contributed by atoms with Crippen LogP contribution < -0.4 is 11.1 Å². The van der Waals surface area contributed by atoms with Gasteiger partial charge in [0.25, 0.3) is 5.91 Å². The van der Waals surface area contributed by atoms with Crippen molar-refractivity contribution in [2.45, 2.75) is 30.9 Å². The summed E-state index contributed by atoms with van der Waals surface area (Å²) < 4.78 is 10.1. The van der Waals surface area contributed by atoms with E-state index in [9.17, 15) is 9.59 Å². The maximum absolute atomic E-state index is 11.6. The first-order valence-corrected chi connectivity index (χ1v) is 4.98. The van der Waals surface area contributed by atoms with Gasteiger partial charge in [-0.1, -0.05) is 0 Å². The number of primary amides is 1. The van der Waals surface area contributed by atoms with Gasteiger partial charge < -0.3 is 15.2 Å². The highest BCUT2D eigenvalue weighted by Gasteiger charge is 2.47. The van der Waals surface area contributed by atoms with Crippen LogP contribution >= 0.6 is 0 Å². The zero-order valence-electron chi connectivity index (χ0n) is 8.32. The summed E-state index contributed by atoms with van der Waals surface area (Å²) in [4.78, 5) is 22.7. The highest BCUT2D eigenvalue weighted by molar-refractivity contribution is 5.88. The van der Waals surface area contributed by atoms with Crippen molar-refractivity contribution in [2.24, 2.45) is 5.73 Å². The van der Waals surface area contributed by atoms with Crippen LogP contribution in [0.15, 0.2) is 0 Å². The number of hydrogen-bond acceptors (Lipinski definition) is 5. The molecule has 15 heavy (non-hydrogen) atoms. The van der Waals surface area contributed by atoms with Crippen molar-refractivity contribution in [2.75, 3.05) is 13.3 Å². The van der Waals surface area contributed by atoms with E-state index in [0.29, 0.717) is 19.6 Å². The third-order valence-electron chi connectivity index (χ3n) is 2.91. The molecule has 6 heteroatoms. The molecule has 1 atom stereocenters.